The van der Waals surface area contributed by atoms with E-state index in [1.807, 2.05) is 6.92 Å². The normalized spacial score (nSPS) is 17.4. The zero-order valence-corrected chi connectivity index (χ0v) is 17.0. The van der Waals surface area contributed by atoms with E-state index in [0.717, 1.165) is 34.8 Å². The van der Waals surface area contributed by atoms with Gasteiger partial charge in [-0.05, 0) is 62.1 Å². The molecule has 2 aromatic carbocycles. The van der Waals surface area contributed by atoms with Crippen molar-refractivity contribution in [2.45, 2.75) is 31.6 Å². The molecule has 1 aliphatic heterocycles. The third kappa shape index (κ3) is 4.52. The highest BCUT2D eigenvalue weighted by Gasteiger charge is 2.30. The zero-order valence-electron chi connectivity index (χ0n) is 16.1. The molecule has 0 aromatic heterocycles. The highest BCUT2D eigenvalue weighted by atomic mass is 32.2. The first-order chi connectivity index (χ1) is 13.3. The Morgan fingerprint density at radius 3 is 2.39 bits per heavy atom. The molecule has 1 fully saturated rings. The summed E-state index contributed by atoms with van der Waals surface area (Å²) in [6.07, 6.45) is 1.99. The van der Waals surface area contributed by atoms with Crippen LogP contribution in [0, 0.1) is 18.7 Å². The van der Waals surface area contributed by atoms with Crippen LogP contribution in [-0.4, -0.2) is 38.9 Å². The van der Waals surface area contributed by atoms with Crippen molar-refractivity contribution in [3.63, 3.8) is 0 Å². The van der Waals surface area contributed by atoms with E-state index < -0.39 is 15.8 Å². The standard InChI is InChI=1S/C21H25FN2O3S/c1-16-5-9-19(10-6-16)24(15-21(25)23-13-3-4-17(2)14-23)28(26,27)20-11-7-18(22)8-12-20/h5-12,17H,3-4,13-15H2,1-2H3. The maximum absolute atomic E-state index is 13.3. The van der Waals surface area contributed by atoms with Crippen LogP contribution in [0.25, 0.3) is 0 Å². The van der Waals surface area contributed by atoms with E-state index in [9.17, 15) is 17.6 Å². The van der Waals surface area contributed by atoms with Gasteiger partial charge in [0.1, 0.15) is 12.4 Å². The van der Waals surface area contributed by atoms with Crippen LogP contribution in [-0.2, 0) is 14.8 Å². The number of amides is 1. The number of benzene rings is 2. The topological polar surface area (TPSA) is 57.7 Å². The number of sulfonamides is 1. The number of rotatable bonds is 5. The van der Waals surface area contributed by atoms with Crippen molar-refractivity contribution in [3.05, 3.63) is 59.9 Å². The quantitative estimate of drug-likeness (QED) is 0.765. The average molecular weight is 405 g/mol. The molecule has 1 unspecified atom stereocenters. The molecule has 3 rings (SSSR count). The van der Waals surface area contributed by atoms with Crippen LogP contribution >= 0.6 is 0 Å². The van der Waals surface area contributed by atoms with Gasteiger partial charge in [0, 0.05) is 13.1 Å². The third-order valence-electron chi connectivity index (χ3n) is 5.01. The lowest BCUT2D eigenvalue weighted by Crippen LogP contribution is -2.46. The fourth-order valence-corrected chi connectivity index (χ4v) is 4.81. The third-order valence-corrected chi connectivity index (χ3v) is 6.80. The summed E-state index contributed by atoms with van der Waals surface area (Å²) in [6.45, 7) is 4.99. The van der Waals surface area contributed by atoms with E-state index >= 15 is 0 Å². The summed E-state index contributed by atoms with van der Waals surface area (Å²) >= 11 is 0. The molecule has 2 aromatic rings. The molecule has 5 nitrogen and oxygen atoms in total. The number of nitrogens with zero attached hydrogens (tertiary/aromatic N) is 2. The number of carbonyl (C=O) groups excluding carboxylic acids is 1. The molecule has 1 saturated heterocycles. The van der Waals surface area contributed by atoms with Gasteiger partial charge in [0.2, 0.25) is 5.91 Å². The van der Waals surface area contributed by atoms with Crippen LogP contribution < -0.4 is 4.31 Å². The molecule has 1 aliphatic rings. The largest absolute Gasteiger partial charge is 0.341 e. The highest BCUT2D eigenvalue weighted by molar-refractivity contribution is 7.92. The second-order valence-electron chi connectivity index (χ2n) is 7.39. The van der Waals surface area contributed by atoms with E-state index in [4.69, 9.17) is 0 Å². The number of halogens is 1. The SMILES string of the molecule is Cc1ccc(N(CC(=O)N2CCCC(C)C2)S(=O)(=O)c2ccc(F)cc2)cc1. The molecule has 0 radical (unpaired) electrons. The maximum atomic E-state index is 13.3. The molecule has 0 aliphatic carbocycles. The van der Waals surface area contributed by atoms with Gasteiger partial charge in [-0.3, -0.25) is 9.10 Å². The molecule has 0 N–H and O–H groups in total. The molecular weight excluding hydrogens is 379 g/mol. The van der Waals surface area contributed by atoms with Crippen LogP contribution in [0.2, 0.25) is 0 Å². The number of carbonyl (C=O) groups is 1. The summed E-state index contributed by atoms with van der Waals surface area (Å²) in [5, 5.41) is 0. The van der Waals surface area contributed by atoms with Crippen molar-refractivity contribution in [1.82, 2.24) is 4.90 Å². The highest BCUT2D eigenvalue weighted by Crippen LogP contribution is 2.25. The minimum Gasteiger partial charge on any atom is -0.341 e. The van der Waals surface area contributed by atoms with Gasteiger partial charge >= 0.3 is 0 Å². The Morgan fingerprint density at radius 1 is 1.14 bits per heavy atom. The van der Waals surface area contributed by atoms with E-state index in [0.29, 0.717) is 24.7 Å². The van der Waals surface area contributed by atoms with Gasteiger partial charge in [0.05, 0.1) is 10.6 Å². The number of anilines is 1. The lowest BCUT2D eigenvalue weighted by molar-refractivity contribution is -0.131. The molecule has 0 bridgehead atoms. The smallest absolute Gasteiger partial charge is 0.264 e. The number of aryl methyl sites for hydroxylation is 1. The first-order valence-electron chi connectivity index (χ1n) is 9.40. The second-order valence-corrected chi connectivity index (χ2v) is 9.25. The van der Waals surface area contributed by atoms with Gasteiger partial charge in [-0.25, -0.2) is 12.8 Å². The van der Waals surface area contributed by atoms with E-state index in [-0.39, 0.29) is 17.3 Å². The van der Waals surface area contributed by atoms with Crippen LogP contribution in [0.15, 0.2) is 53.4 Å². The summed E-state index contributed by atoms with van der Waals surface area (Å²) in [5.41, 5.74) is 1.40. The van der Waals surface area contributed by atoms with Crippen molar-refractivity contribution in [3.8, 4) is 0 Å². The van der Waals surface area contributed by atoms with Crippen LogP contribution in [0.4, 0.5) is 10.1 Å². The lowest BCUT2D eigenvalue weighted by atomic mass is 10.0. The van der Waals surface area contributed by atoms with Gasteiger partial charge in [0.15, 0.2) is 0 Å². The number of hydrogen-bond donors (Lipinski definition) is 0. The summed E-state index contributed by atoms with van der Waals surface area (Å²) in [7, 11) is -4.01. The van der Waals surface area contributed by atoms with Crippen molar-refractivity contribution < 1.29 is 17.6 Å². The van der Waals surface area contributed by atoms with Crippen LogP contribution in [0.3, 0.4) is 0 Å². The zero-order chi connectivity index (χ0) is 20.3. The molecular formula is C21H25FN2O3S. The summed E-state index contributed by atoms with van der Waals surface area (Å²) in [6, 6.07) is 11.6. The van der Waals surface area contributed by atoms with Gasteiger partial charge < -0.3 is 4.90 Å². The molecule has 1 heterocycles. The fraction of sp³-hybridized carbons (Fsp3) is 0.381. The monoisotopic (exact) mass is 404 g/mol. The molecule has 0 saturated carbocycles. The number of piperidine rings is 1. The van der Waals surface area contributed by atoms with Crippen molar-refractivity contribution in [2.75, 3.05) is 23.9 Å². The molecule has 7 heteroatoms. The van der Waals surface area contributed by atoms with E-state index in [1.165, 1.54) is 12.1 Å². The number of likely N-dealkylation sites (tertiary alicyclic amines) is 1. The Bertz CT molecular complexity index is 927. The van der Waals surface area contributed by atoms with Crippen LogP contribution in [0.5, 0.6) is 0 Å². The lowest BCUT2D eigenvalue weighted by Gasteiger charge is -2.33. The fourth-order valence-electron chi connectivity index (χ4n) is 3.40. The number of hydrogen-bond acceptors (Lipinski definition) is 3. The molecule has 150 valence electrons. The minimum atomic E-state index is -4.01. The van der Waals surface area contributed by atoms with Crippen LogP contribution in [0.1, 0.15) is 25.3 Å². The first kappa shape index (κ1) is 20.3. The average Bonchev–Trinajstić information content (AvgIpc) is 2.67. The predicted molar refractivity (Wildman–Crippen MR) is 107 cm³/mol. The van der Waals surface area contributed by atoms with Crippen molar-refractivity contribution in [2.24, 2.45) is 5.92 Å². The Kier molecular flexibility index (Phi) is 6.03. The first-order valence-corrected chi connectivity index (χ1v) is 10.8. The Labute approximate surface area is 165 Å². The summed E-state index contributed by atoms with van der Waals surface area (Å²) in [5.74, 6) is -0.337. The van der Waals surface area contributed by atoms with E-state index in [2.05, 4.69) is 6.92 Å². The van der Waals surface area contributed by atoms with Crippen molar-refractivity contribution >= 4 is 21.6 Å². The molecule has 1 amide bonds. The molecule has 0 spiro atoms. The summed E-state index contributed by atoms with van der Waals surface area (Å²) in [4.78, 5) is 14.6. The van der Waals surface area contributed by atoms with Crippen molar-refractivity contribution in [1.29, 1.82) is 0 Å². The summed E-state index contributed by atoms with van der Waals surface area (Å²) < 4.78 is 40.9. The van der Waals surface area contributed by atoms with Gasteiger partial charge in [0.25, 0.3) is 10.0 Å². The van der Waals surface area contributed by atoms with E-state index in [1.54, 1.807) is 29.2 Å². The Morgan fingerprint density at radius 2 is 1.79 bits per heavy atom. The Hall–Kier alpha value is -2.41. The molecule has 28 heavy (non-hydrogen) atoms. The van der Waals surface area contributed by atoms with Gasteiger partial charge in [-0.15, -0.1) is 0 Å². The van der Waals surface area contributed by atoms with Gasteiger partial charge in [-0.2, -0.15) is 0 Å². The minimum absolute atomic E-state index is 0.0470. The molecule has 1 atom stereocenters. The van der Waals surface area contributed by atoms with Gasteiger partial charge in [-0.1, -0.05) is 24.6 Å². The predicted octanol–water partition coefficient (Wildman–Crippen LogP) is 3.59. The Balaban J connectivity index is 1.94. The maximum Gasteiger partial charge on any atom is 0.264 e. The second kappa shape index (κ2) is 8.31.